The van der Waals surface area contributed by atoms with Crippen LogP contribution in [0.4, 0.5) is 5.69 Å². The van der Waals surface area contributed by atoms with E-state index in [4.69, 9.17) is 21.1 Å². The van der Waals surface area contributed by atoms with Gasteiger partial charge in [-0.2, -0.15) is 0 Å². The van der Waals surface area contributed by atoms with E-state index in [1.54, 1.807) is 31.4 Å². The average Bonchev–Trinajstić information content (AvgIpc) is 3.04. The van der Waals surface area contributed by atoms with Crippen LogP contribution >= 0.6 is 11.6 Å². The number of hydrogen-bond acceptors (Lipinski definition) is 4. The third-order valence-corrected chi connectivity index (χ3v) is 4.76. The van der Waals surface area contributed by atoms with Crippen molar-refractivity contribution in [2.45, 2.75) is 13.8 Å². The van der Waals surface area contributed by atoms with Crippen molar-refractivity contribution in [2.24, 2.45) is 0 Å². The summed E-state index contributed by atoms with van der Waals surface area (Å²) in [6.07, 6.45) is 3.53. The van der Waals surface area contributed by atoms with Crippen molar-refractivity contribution in [2.75, 3.05) is 25.1 Å². The highest BCUT2D eigenvalue weighted by atomic mass is 35.5. The molecule has 3 rings (SSSR count). The molecule has 0 saturated heterocycles. The Balaban J connectivity index is 1.93. The van der Waals surface area contributed by atoms with Crippen LogP contribution in [0.3, 0.4) is 0 Å². The summed E-state index contributed by atoms with van der Waals surface area (Å²) in [4.78, 5) is 14.5. The number of methoxy groups -OCH3 is 1. The first-order valence-corrected chi connectivity index (χ1v) is 9.28. The van der Waals surface area contributed by atoms with Crippen molar-refractivity contribution in [3.8, 4) is 5.75 Å². The summed E-state index contributed by atoms with van der Waals surface area (Å²) < 4.78 is 10.9. The summed E-state index contributed by atoms with van der Waals surface area (Å²) in [6.45, 7) is 6.06. The molecule has 0 radical (unpaired) electrons. The minimum absolute atomic E-state index is 0.380. The molecular weight excluding hydrogens is 362 g/mol. The predicted molar refractivity (Wildman–Crippen MR) is 110 cm³/mol. The first kappa shape index (κ1) is 19.1. The molecule has 1 aliphatic rings. The van der Waals surface area contributed by atoms with E-state index >= 15 is 0 Å². The second kappa shape index (κ2) is 8.31. The molecule has 0 amide bonds. The lowest BCUT2D eigenvalue weighted by Crippen LogP contribution is -2.21. The molecule has 0 aliphatic carbocycles. The van der Waals surface area contributed by atoms with Gasteiger partial charge < -0.3 is 14.4 Å². The maximum atomic E-state index is 12.3. The van der Waals surface area contributed by atoms with Gasteiger partial charge in [0.25, 0.3) is 0 Å². The smallest absolute Gasteiger partial charge is 0.343 e. The number of rotatable bonds is 6. The van der Waals surface area contributed by atoms with Crippen LogP contribution in [0.5, 0.6) is 5.75 Å². The number of nitrogens with zero attached hydrogens (tertiary/aromatic N) is 1. The Hall–Kier alpha value is -2.72. The monoisotopic (exact) mass is 383 g/mol. The van der Waals surface area contributed by atoms with Gasteiger partial charge in [-0.1, -0.05) is 11.6 Å². The van der Waals surface area contributed by atoms with Crippen molar-refractivity contribution >= 4 is 35.1 Å². The molecule has 1 heterocycles. The van der Waals surface area contributed by atoms with Crippen LogP contribution in [0, 0.1) is 0 Å². The number of hydrogen-bond donors (Lipinski definition) is 0. The highest BCUT2D eigenvalue weighted by Crippen LogP contribution is 2.32. The highest BCUT2D eigenvalue weighted by Gasteiger charge is 2.22. The summed E-state index contributed by atoms with van der Waals surface area (Å²) in [7, 11) is 1.63. The van der Waals surface area contributed by atoms with Crippen LogP contribution in [-0.2, 0) is 9.53 Å². The first-order chi connectivity index (χ1) is 13.0. The quantitative estimate of drug-likeness (QED) is 0.509. The molecule has 2 aromatic carbocycles. The van der Waals surface area contributed by atoms with E-state index in [0.29, 0.717) is 22.1 Å². The molecule has 4 nitrogen and oxygen atoms in total. The molecule has 0 atom stereocenters. The first-order valence-electron chi connectivity index (χ1n) is 8.90. The van der Waals surface area contributed by atoms with Crippen molar-refractivity contribution in [1.29, 1.82) is 0 Å². The average molecular weight is 384 g/mol. The van der Waals surface area contributed by atoms with Gasteiger partial charge in [-0.05, 0) is 62.4 Å². The molecule has 0 bridgehead atoms. The van der Waals surface area contributed by atoms with Gasteiger partial charge in [0, 0.05) is 41.0 Å². The fourth-order valence-corrected chi connectivity index (χ4v) is 3.14. The van der Waals surface area contributed by atoms with Crippen LogP contribution < -0.4 is 9.64 Å². The maximum Gasteiger partial charge on any atom is 0.343 e. The van der Waals surface area contributed by atoms with Crippen LogP contribution in [0.1, 0.15) is 25.0 Å². The molecule has 0 saturated carbocycles. The molecule has 0 spiro atoms. The van der Waals surface area contributed by atoms with Gasteiger partial charge >= 0.3 is 5.97 Å². The zero-order valence-corrected chi connectivity index (χ0v) is 16.4. The summed E-state index contributed by atoms with van der Waals surface area (Å²) >= 11 is 5.92. The van der Waals surface area contributed by atoms with Crippen LogP contribution in [0.25, 0.3) is 11.8 Å². The van der Waals surface area contributed by atoms with Crippen LogP contribution in [-0.4, -0.2) is 26.2 Å². The van der Waals surface area contributed by atoms with E-state index < -0.39 is 0 Å². The van der Waals surface area contributed by atoms with Gasteiger partial charge in [0.05, 0.1) is 12.7 Å². The van der Waals surface area contributed by atoms with E-state index in [9.17, 15) is 4.79 Å². The van der Waals surface area contributed by atoms with E-state index in [-0.39, 0.29) is 5.97 Å². The molecule has 0 N–H and O–H groups in total. The van der Waals surface area contributed by atoms with Crippen LogP contribution in [0.2, 0.25) is 5.02 Å². The standard InChI is InChI=1S/C22H22ClNO3/c1-4-24(5-2)19-11-8-16(20(14-19)26-3)12-17-13-21(27-22(17)25)15-6-9-18(23)10-7-15/h6-14H,4-5H2,1-3H3/b17-12+. The Kier molecular flexibility index (Phi) is 5.87. The number of esters is 1. The minimum Gasteiger partial charge on any atom is -0.496 e. The van der Waals surface area contributed by atoms with E-state index in [2.05, 4.69) is 18.7 Å². The zero-order valence-electron chi connectivity index (χ0n) is 15.7. The third kappa shape index (κ3) is 4.17. The third-order valence-electron chi connectivity index (χ3n) is 4.51. The van der Waals surface area contributed by atoms with E-state index in [1.165, 1.54) is 0 Å². The normalized spacial score (nSPS) is 14.9. The molecule has 27 heavy (non-hydrogen) atoms. The largest absolute Gasteiger partial charge is 0.496 e. The van der Waals surface area contributed by atoms with Gasteiger partial charge in [-0.25, -0.2) is 4.79 Å². The molecule has 0 unspecified atom stereocenters. The Bertz CT molecular complexity index is 896. The lowest BCUT2D eigenvalue weighted by atomic mass is 10.1. The molecule has 5 heteroatoms. The SMILES string of the molecule is CCN(CC)c1ccc(/C=C2\C=C(c3ccc(Cl)cc3)OC2=O)c(OC)c1. The Morgan fingerprint density at radius 1 is 1.11 bits per heavy atom. The highest BCUT2D eigenvalue weighted by molar-refractivity contribution is 6.30. The van der Waals surface area contributed by atoms with Crippen LogP contribution in [0.15, 0.2) is 54.1 Å². The number of carbonyl (C=O) groups excluding carboxylic acids is 1. The number of ether oxygens (including phenoxy) is 2. The number of carbonyl (C=O) groups is 1. The summed E-state index contributed by atoms with van der Waals surface area (Å²) in [5.41, 5.74) is 3.20. The van der Waals surface area contributed by atoms with Gasteiger partial charge in [0.2, 0.25) is 0 Å². The lowest BCUT2D eigenvalue weighted by molar-refractivity contribution is -0.130. The maximum absolute atomic E-state index is 12.3. The topological polar surface area (TPSA) is 38.8 Å². The molecule has 140 valence electrons. The summed E-state index contributed by atoms with van der Waals surface area (Å²) in [5, 5.41) is 0.637. The molecular formula is C22H22ClNO3. The summed E-state index contributed by atoms with van der Waals surface area (Å²) in [5.74, 6) is 0.851. The molecule has 0 fully saturated rings. The van der Waals surface area contributed by atoms with Crippen molar-refractivity contribution in [3.63, 3.8) is 0 Å². The summed E-state index contributed by atoms with van der Waals surface area (Å²) in [6, 6.07) is 13.2. The minimum atomic E-state index is -0.380. The Labute approximate surface area is 164 Å². The van der Waals surface area contributed by atoms with Gasteiger partial charge in [0.15, 0.2) is 0 Å². The van der Waals surface area contributed by atoms with Crippen molar-refractivity contribution in [3.05, 3.63) is 70.3 Å². The van der Waals surface area contributed by atoms with Crippen molar-refractivity contribution in [1.82, 2.24) is 0 Å². The molecule has 2 aromatic rings. The fraction of sp³-hybridized carbons (Fsp3) is 0.227. The lowest BCUT2D eigenvalue weighted by Gasteiger charge is -2.22. The zero-order chi connectivity index (χ0) is 19.4. The molecule has 1 aliphatic heterocycles. The predicted octanol–water partition coefficient (Wildman–Crippen LogP) is 5.18. The second-order valence-electron chi connectivity index (χ2n) is 6.10. The van der Waals surface area contributed by atoms with Gasteiger partial charge in [-0.3, -0.25) is 0 Å². The fourth-order valence-electron chi connectivity index (χ4n) is 3.02. The molecule has 0 aromatic heterocycles. The Morgan fingerprint density at radius 2 is 1.81 bits per heavy atom. The number of benzene rings is 2. The number of cyclic esters (lactones) is 1. The number of anilines is 1. The van der Waals surface area contributed by atoms with E-state index in [1.807, 2.05) is 30.3 Å². The van der Waals surface area contributed by atoms with Crippen molar-refractivity contribution < 1.29 is 14.3 Å². The Morgan fingerprint density at radius 3 is 2.44 bits per heavy atom. The van der Waals surface area contributed by atoms with Gasteiger partial charge in [0.1, 0.15) is 11.5 Å². The second-order valence-corrected chi connectivity index (χ2v) is 6.54. The van der Waals surface area contributed by atoms with E-state index in [0.717, 1.165) is 29.9 Å². The van der Waals surface area contributed by atoms with Gasteiger partial charge in [-0.15, -0.1) is 0 Å². The number of halogens is 1.